The largest absolute Gasteiger partial charge is 0.368 e. The summed E-state index contributed by atoms with van der Waals surface area (Å²) in [5.74, 6) is -0.147. The number of sulfonamides is 1. The second-order valence-electron chi connectivity index (χ2n) is 8.40. The van der Waals surface area contributed by atoms with E-state index in [4.69, 9.17) is 11.6 Å². The molecule has 1 N–H and O–H groups in total. The van der Waals surface area contributed by atoms with Gasteiger partial charge in [0.05, 0.1) is 0 Å². The van der Waals surface area contributed by atoms with Crippen molar-refractivity contribution in [1.82, 2.24) is 14.2 Å². The molecule has 0 radical (unpaired) electrons. The Bertz CT molecular complexity index is 1100. The number of aromatic amines is 1. The Morgan fingerprint density at radius 3 is 2.29 bits per heavy atom. The number of nitrogens with zero attached hydrogens (tertiary/aromatic N) is 3. The highest BCUT2D eigenvalue weighted by Crippen LogP contribution is 2.30. The minimum atomic E-state index is -3.59. The van der Waals surface area contributed by atoms with Crippen LogP contribution in [-0.4, -0.2) is 67.8 Å². The fourth-order valence-electron chi connectivity index (χ4n) is 4.62. The first kappa shape index (κ1) is 22.2. The maximum absolute atomic E-state index is 13.2. The van der Waals surface area contributed by atoms with Crippen molar-refractivity contribution in [3.05, 3.63) is 45.7 Å². The number of halogens is 1. The lowest BCUT2D eigenvalue weighted by Gasteiger charge is -2.36. The number of carbonyl (C=O) groups is 1. The monoisotopic (exact) mass is 464 g/mol. The molecule has 2 aliphatic rings. The molecule has 7 nitrogen and oxygen atoms in total. The summed E-state index contributed by atoms with van der Waals surface area (Å²) in [6.07, 6.45) is 1.76. The van der Waals surface area contributed by atoms with E-state index in [9.17, 15) is 13.2 Å². The van der Waals surface area contributed by atoms with Crippen LogP contribution in [0.1, 0.15) is 40.2 Å². The number of anilines is 1. The van der Waals surface area contributed by atoms with Crippen LogP contribution in [0.2, 0.25) is 5.02 Å². The van der Waals surface area contributed by atoms with Crippen LogP contribution >= 0.6 is 11.6 Å². The third-order valence-electron chi connectivity index (χ3n) is 6.32. The summed E-state index contributed by atoms with van der Waals surface area (Å²) < 4.78 is 27.7. The standard InChI is InChI=1S/C22H29ClN4O3S/c1-15-6-7-18(23)14-19(15)25-10-12-26(13-11-25)22(28)20-16(2)21(17(3)24-20)31(29,30)27-8-4-5-9-27/h6-7,14,24H,4-5,8-13H2,1-3H3. The first-order chi connectivity index (χ1) is 14.7. The van der Waals surface area contributed by atoms with Crippen LogP contribution in [0.3, 0.4) is 0 Å². The van der Waals surface area contributed by atoms with Crippen molar-refractivity contribution >= 4 is 33.2 Å². The number of aryl methyl sites for hydroxylation is 2. The summed E-state index contributed by atoms with van der Waals surface area (Å²) >= 11 is 6.17. The molecule has 0 bridgehead atoms. The molecule has 1 aromatic heterocycles. The fourth-order valence-corrected chi connectivity index (χ4v) is 6.71. The van der Waals surface area contributed by atoms with Gasteiger partial charge in [0.15, 0.2) is 0 Å². The molecule has 4 rings (SSSR count). The van der Waals surface area contributed by atoms with Gasteiger partial charge in [-0.15, -0.1) is 0 Å². The highest BCUT2D eigenvalue weighted by molar-refractivity contribution is 7.89. The number of piperazine rings is 1. The van der Waals surface area contributed by atoms with Crippen LogP contribution in [-0.2, 0) is 10.0 Å². The number of amides is 1. The molecule has 0 spiro atoms. The van der Waals surface area contributed by atoms with Gasteiger partial charge in [-0.05, 0) is 56.9 Å². The van der Waals surface area contributed by atoms with Crippen molar-refractivity contribution in [3.8, 4) is 0 Å². The number of carbonyl (C=O) groups excluding carboxylic acids is 1. The Kier molecular flexibility index (Phi) is 6.07. The minimum Gasteiger partial charge on any atom is -0.368 e. The van der Waals surface area contributed by atoms with E-state index in [0.29, 0.717) is 61.2 Å². The Balaban J connectivity index is 1.52. The minimum absolute atomic E-state index is 0.147. The van der Waals surface area contributed by atoms with Gasteiger partial charge in [0.1, 0.15) is 10.6 Å². The summed E-state index contributed by atoms with van der Waals surface area (Å²) in [5, 5.41) is 0.698. The molecule has 31 heavy (non-hydrogen) atoms. The predicted octanol–water partition coefficient (Wildman–Crippen LogP) is 3.34. The second kappa shape index (κ2) is 8.48. The number of nitrogens with one attached hydrogen (secondary N) is 1. The van der Waals surface area contributed by atoms with Crippen molar-refractivity contribution in [1.29, 1.82) is 0 Å². The van der Waals surface area contributed by atoms with E-state index in [1.165, 1.54) is 4.31 Å². The van der Waals surface area contributed by atoms with Gasteiger partial charge in [0.25, 0.3) is 5.91 Å². The molecule has 2 aromatic rings. The Morgan fingerprint density at radius 2 is 1.65 bits per heavy atom. The third-order valence-corrected chi connectivity index (χ3v) is 8.73. The number of H-pyrrole nitrogens is 1. The van der Waals surface area contributed by atoms with Gasteiger partial charge >= 0.3 is 0 Å². The van der Waals surface area contributed by atoms with E-state index >= 15 is 0 Å². The van der Waals surface area contributed by atoms with Gasteiger partial charge in [0.2, 0.25) is 10.0 Å². The number of aromatic nitrogens is 1. The Morgan fingerprint density at radius 1 is 1.00 bits per heavy atom. The van der Waals surface area contributed by atoms with Crippen molar-refractivity contribution in [2.45, 2.75) is 38.5 Å². The molecular formula is C22H29ClN4O3S. The van der Waals surface area contributed by atoms with Gasteiger partial charge in [-0.25, -0.2) is 8.42 Å². The highest BCUT2D eigenvalue weighted by atomic mass is 35.5. The van der Waals surface area contributed by atoms with Gasteiger partial charge in [-0.1, -0.05) is 17.7 Å². The molecule has 0 atom stereocenters. The maximum atomic E-state index is 13.2. The number of rotatable bonds is 4. The first-order valence-electron chi connectivity index (χ1n) is 10.7. The number of hydrogen-bond donors (Lipinski definition) is 1. The summed E-state index contributed by atoms with van der Waals surface area (Å²) in [5.41, 5.74) is 3.66. The highest BCUT2D eigenvalue weighted by Gasteiger charge is 2.34. The zero-order chi connectivity index (χ0) is 22.3. The van der Waals surface area contributed by atoms with Gasteiger partial charge < -0.3 is 14.8 Å². The molecule has 0 saturated carbocycles. The molecule has 2 fully saturated rings. The lowest BCUT2D eigenvalue weighted by molar-refractivity contribution is 0.0740. The molecule has 0 unspecified atom stereocenters. The molecule has 1 amide bonds. The zero-order valence-corrected chi connectivity index (χ0v) is 19.8. The lowest BCUT2D eigenvalue weighted by atomic mass is 10.1. The van der Waals surface area contributed by atoms with Gasteiger partial charge in [-0.3, -0.25) is 4.79 Å². The molecule has 2 saturated heterocycles. The Hall–Kier alpha value is -2.03. The lowest BCUT2D eigenvalue weighted by Crippen LogP contribution is -2.49. The van der Waals surface area contributed by atoms with Gasteiger partial charge in [0, 0.05) is 55.7 Å². The van der Waals surface area contributed by atoms with E-state index < -0.39 is 10.0 Å². The van der Waals surface area contributed by atoms with Crippen LogP contribution < -0.4 is 4.90 Å². The number of hydrogen-bond acceptors (Lipinski definition) is 4. The molecule has 0 aliphatic carbocycles. The first-order valence-corrected chi connectivity index (χ1v) is 12.5. The van der Waals surface area contributed by atoms with Crippen LogP contribution in [0.15, 0.2) is 23.1 Å². The summed E-state index contributed by atoms with van der Waals surface area (Å²) in [6, 6.07) is 5.84. The van der Waals surface area contributed by atoms with E-state index in [1.807, 2.05) is 18.2 Å². The molecule has 168 valence electrons. The maximum Gasteiger partial charge on any atom is 0.270 e. The average molecular weight is 465 g/mol. The number of benzene rings is 1. The molecule has 1 aromatic carbocycles. The van der Waals surface area contributed by atoms with Crippen molar-refractivity contribution in [3.63, 3.8) is 0 Å². The van der Waals surface area contributed by atoms with Crippen molar-refractivity contribution in [2.24, 2.45) is 0 Å². The quantitative estimate of drug-likeness (QED) is 0.752. The fraction of sp³-hybridized carbons (Fsp3) is 0.500. The molecule has 2 aliphatic heterocycles. The molecular weight excluding hydrogens is 436 g/mol. The molecule has 9 heteroatoms. The SMILES string of the molecule is Cc1ccc(Cl)cc1N1CCN(C(=O)c2[nH]c(C)c(S(=O)(=O)N3CCCC3)c2C)CC1. The van der Waals surface area contributed by atoms with Crippen molar-refractivity contribution < 1.29 is 13.2 Å². The Labute approximate surface area is 189 Å². The van der Waals surface area contributed by atoms with Crippen LogP contribution in [0.25, 0.3) is 0 Å². The predicted molar refractivity (Wildman–Crippen MR) is 123 cm³/mol. The van der Waals surface area contributed by atoms with Crippen molar-refractivity contribution in [2.75, 3.05) is 44.2 Å². The zero-order valence-electron chi connectivity index (χ0n) is 18.2. The van der Waals surface area contributed by atoms with E-state index in [0.717, 1.165) is 24.1 Å². The van der Waals surface area contributed by atoms with Crippen LogP contribution in [0.4, 0.5) is 5.69 Å². The third kappa shape index (κ3) is 4.08. The topological polar surface area (TPSA) is 76.7 Å². The van der Waals surface area contributed by atoms with Gasteiger partial charge in [-0.2, -0.15) is 4.31 Å². The van der Waals surface area contributed by atoms with E-state index in [-0.39, 0.29) is 10.8 Å². The average Bonchev–Trinajstić information content (AvgIpc) is 3.38. The molecule has 3 heterocycles. The normalized spacial score (nSPS) is 18.1. The van der Waals surface area contributed by atoms with Crippen LogP contribution in [0.5, 0.6) is 0 Å². The summed E-state index contributed by atoms with van der Waals surface area (Å²) in [7, 11) is -3.59. The van der Waals surface area contributed by atoms with Crippen LogP contribution in [0, 0.1) is 20.8 Å². The van der Waals surface area contributed by atoms with E-state index in [2.05, 4.69) is 16.8 Å². The van der Waals surface area contributed by atoms with E-state index in [1.54, 1.807) is 18.7 Å². The smallest absolute Gasteiger partial charge is 0.270 e. The summed E-state index contributed by atoms with van der Waals surface area (Å²) in [6.45, 7) is 9.12. The summed E-state index contributed by atoms with van der Waals surface area (Å²) in [4.78, 5) is 20.6. The second-order valence-corrected chi connectivity index (χ2v) is 10.7.